The van der Waals surface area contributed by atoms with Crippen molar-refractivity contribution in [2.24, 2.45) is 5.92 Å². The van der Waals surface area contributed by atoms with E-state index in [1.165, 1.54) is 0 Å². The molecule has 0 amide bonds. The second-order valence-electron chi connectivity index (χ2n) is 4.76. The average Bonchev–Trinajstić information content (AvgIpc) is 1.95. The molecule has 1 N–H and O–H groups in total. The average molecular weight is 215 g/mol. The van der Waals surface area contributed by atoms with Gasteiger partial charge in [0.2, 0.25) is 0 Å². The van der Waals surface area contributed by atoms with Crippen LogP contribution in [0.4, 0.5) is 0 Å². The molecule has 1 fully saturated rings. The smallest absolute Gasteiger partial charge is 0.293 e. The van der Waals surface area contributed by atoms with Gasteiger partial charge < -0.3 is 14.8 Å². The van der Waals surface area contributed by atoms with Gasteiger partial charge in [0.1, 0.15) is 11.4 Å². The van der Waals surface area contributed by atoms with Crippen molar-refractivity contribution in [3.05, 3.63) is 0 Å². The van der Waals surface area contributed by atoms with Crippen molar-refractivity contribution in [2.75, 3.05) is 13.1 Å². The molecule has 4 heteroatoms. The molecule has 0 saturated carbocycles. The molecule has 0 aliphatic carbocycles. The summed E-state index contributed by atoms with van der Waals surface area (Å²) in [6.07, 6.45) is 0.771. The fourth-order valence-corrected chi connectivity index (χ4v) is 1.04. The van der Waals surface area contributed by atoms with Crippen LogP contribution in [0.1, 0.15) is 34.1 Å². The molecule has 0 radical (unpaired) electrons. The fourth-order valence-electron chi connectivity index (χ4n) is 1.04. The topological polar surface area (TPSA) is 55.4 Å². The van der Waals surface area contributed by atoms with Crippen molar-refractivity contribution in [2.45, 2.75) is 39.7 Å². The Kier molecular flexibility index (Phi) is 6.17. The quantitative estimate of drug-likeness (QED) is 0.717. The van der Waals surface area contributed by atoms with Crippen LogP contribution in [0.15, 0.2) is 0 Å². The molecule has 0 unspecified atom stereocenters. The predicted molar refractivity (Wildman–Crippen MR) is 58.6 cm³/mol. The normalized spacial score (nSPS) is 15.7. The van der Waals surface area contributed by atoms with E-state index in [1.807, 2.05) is 20.8 Å². The first-order chi connectivity index (χ1) is 6.85. The van der Waals surface area contributed by atoms with Crippen LogP contribution in [-0.4, -0.2) is 30.9 Å². The number of hydrogen-bond acceptors (Lipinski definition) is 4. The summed E-state index contributed by atoms with van der Waals surface area (Å²) in [5, 5.41) is 3.11. The van der Waals surface area contributed by atoms with E-state index in [0.29, 0.717) is 18.2 Å². The minimum absolute atomic E-state index is 0.316. The number of rotatable bonds is 3. The van der Waals surface area contributed by atoms with Gasteiger partial charge in [-0.3, -0.25) is 4.79 Å². The summed E-state index contributed by atoms with van der Waals surface area (Å²) in [4.78, 5) is 20.0. The van der Waals surface area contributed by atoms with Crippen molar-refractivity contribution in [1.29, 1.82) is 0 Å². The van der Waals surface area contributed by atoms with Gasteiger partial charge >= 0.3 is 0 Å². The van der Waals surface area contributed by atoms with Gasteiger partial charge in [0.15, 0.2) is 0 Å². The van der Waals surface area contributed by atoms with Crippen molar-refractivity contribution >= 4 is 12.3 Å². The Labute approximate surface area is 91.4 Å². The summed E-state index contributed by atoms with van der Waals surface area (Å²) in [6, 6.07) is 0. The van der Waals surface area contributed by atoms with Gasteiger partial charge in [-0.25, -0.2) is 0 Å². The summed E-state index contributed by atoms with van der Waals surface area (Å²) in [5.74, 6) is 0.962. The molecule has 4 nitrogen and oxygen atoms in total. The second-order valence-corrected chi connectivity index (χ2v) is 4.76. The lowest BCUT2D eigenvalue weighted by atomic mass is 9.98. The van der Waals surface area contributed by atoms with Gasteiger partial charge in [-0.1, -0.05) is 0 Å². The summed E-state index contributed by atoms with van der Waals surface area (Å²) >= 11 is 0. The van der Waals surface area contributed by atoms with Crippen molar-refractivity contribution < 1.29 is 14.3 Å². The highest BCUT2D eigenvalue weighted by Crippen LogP contribution is 2.07. The highest BCUT2D eigenvalue weighted by molar-refractivity contribution is 5.75. The molecule has 0 bridgehead atoms. The van der Waals surface area contributed by atoms with Crippen LogP contribution in [0.2, 0.25) is 0 Å². The van der Waals surface area contributed by atoms with E-state index < -0.39 is 0 Å². The Bertz CT molecular complexity index is 204. The molecule has 1 aliphatic rings. The third kappa shape index (κ3) is 9.41. The lowest BCUT2D eigenvalue weighted by Crippen LogP contribution is -2.42. The Hall–Kier alpha value is -0.900. The van der Waals surface area contributed by atoms with E-state index in [-0.39, 0.29) is 5.60 Å². The molecule has 0 aromatic heterocycles. The van der Waals surface area contributed by atoms with Gasteiger partial charge in [0.05, 0.1) is 0 Å². The molecule has 0 aromatic carbocycles. The second kappa shape index (κ2) is 6.56. The molecule has 88 valence electrons. The maximum atomic E-state index is 10.4. The van der Waals surface area contributed by atoms with E-state index in [0.717, 1.165) is 19.5 Å². The van der Waals surface area contributed by atoms with Crippen LogP contribution in [0, 0.1) is 5.92 Å². The number of carbonyl (C=O) groups excluding carboxylic acids is 2. The maximum Gasteiger partial charge on any atom is 0.293 e. The molecular formula is C11H21NO3. The van der Waals surface area contributed by atoms with Gasteiger partial charge in [-0.15, -0.1) is 0 Å². The number of carbonyl (C=O) groups is 2. The zero-order valence-electron chi connectivity index (χ0n) is 10.0. The SMILES string of the molecule is CC(=O)CC1CNC1.CC(C)(C)OC=O. The largest absolute Gasteiger partial charge is 0.462 e. The lowest BCUT2D eigenvalue weighted by Gasteiger charge is -2.25. The molecule has 0 spiro atoms. The predicted octanol–water partition coefficient (Wildman–Crippen LogP) is 1.14. The van der Waals surface area contributed by atoms with Gasteiger partial charge in [-0.2, -0.15) is 0 Å². The standard InChI is InChI=1S/C6H11NO.C5H10O2/c1-5(8)2-6-3-7-4-6;1-5(2,3)7-4-6/h6-7H,2-4H2,1H3;4H,1-3H3. The number of ether oxygens (including phenoxy) is 1. The minimum atomic E-state index is -0.318. The molecule has 0 aromatic rings. The molecule has 1 saturated heterocycles. The zero-order chi connectivity index (χ0) is 11.9. The fraction of sp³-hybridized carbons (Fsp3) is 0.818. The molecule has 1 aliphatic heterocycles. The maximum absolute atomic E-state index is 10.4. The van der Waals surface area contributed by atoms with E-state index in [1.54, 1.807) is 6.92 Å². The molecule has 1 rings (SSSR count). The van der Waals surface area contributed by atoms with E-state index in [9.17, 15) is 9.59 Å². The van der Waals surface area contributed by atoms with Gasteiger partial charge in [0.25, 0.3) is 6.47 Å². The first kappa shape index (κ1) is 14.1. The Morgan fingerprint density at radius 3 is 2.07 bits per heavy atom. The first-order valence-corrected chi connectivity index (χ1v) is 5.17. The number of ketones is 1. The molecule has 1 heterocycles. The summed E-state index contributed by atoms with van der Waals surface area (Å²) in [5.41, 5.74) is -0.318. The van der Waals surface area contributed by atoms with Crippen LogP contribution >= 0.6 is 0 Å². The monoisotopic (exact) mass is 215 g/mol. The molecular weight excluding hydrogens is 194 g/mol. The lowest BCUT2D eigenvalue weighted by molar-refractivity contribution is -0.138. The number of nitrogens with one attached hydrogen (secondary N) is 1. The third-order valence-electron chi connectivity index (χ3n) is 1.84. The van der Waals surface area contributed by atoms with Gasteiger partial charge in [-0.05, 0) is 46.7 Å². The van der Waals surface area contributed by atoms with E-state index >= 15 is 0 Å². The Morgan fingerprint density at radius 2 is 2.00 bits per heavy atom. The van der Waals surface area contributed by atoms with Crippen LogP contribution in [0.5, 0.6) is 0 Å². The van der Waals surface area contributed by atoms with Gasteiger partial charge in [0, 0.05) is 6.42 Å². The highest BCUT2D eigenvalue weighted by Gasteiger charge is 2.17. The summed E-state index contributed by atoms with van der Waals surface area (Å²) in [7, 11) is 0. The van der Waals surface area contributed by atoms with Crippen LogP contribution in [0.25, 0.3) is 0 Å². The summed E-state index contributed by atoms with van der Waals surface area (Å²) < 4.78 is 4.55. The van der Waals surface area contributed by atoms with E-state index in [2.05, 4.69) is 10.1 Å². The third-order valence-corrected chi connectivity index (χ3v) is 1.84. The Balaban J connectivity index is 0.000000265. The van der Waals surface area contributed by atoms with E-state index in [4.69, 9.17) is 0 Å². The molecule has 0 atom stereocenters. The van der Waals surface area contributed by atoms with Crippen LogP contribution in [-0.2, 0) is 14.3 Å². The van der Waals surface area contributed by atoms with Crippen molar-refractivity contribution in [1.82, 2.24) is 5.32 Å². The number of hydrogen-bond donors (Lipinski definition) is 1. The zero-order valence-corrected chi connectivity index (χ0v) is 10.0. The molecule has 15 heavy (non-hydrogen) atoms. The van der Waals surface area contributed by atoms with Crippen LogP contribution in [0.3, 0.4) is 0 Å². The minimum Gasteiger partial charge on any atom is -0.462 e. The Morgan fingerprint density at radius 1 is 1.47 bits per heavy atom. The van der Waals surface area contributed by atoms with Crippen LogP contribution < -0.4 is 5.32 Å². The first-order valence-electron chi connectivity index (χ1n) is 5.17. The number of Topliss-reactive ketones (excluding diaryl/α,β-unsaturated/α-hetero) is 1. The van der Waals surface area contributed by atoms with Crippen molar-refractivity contribution in [3.8, 4) is 0 Å². The summed E-state index contributed by atoms with van der Waals surface area (Å²) in [6.45, 7) is 9.65. The highest BCUT2D eigenvalue weighted by atomic mass is 16.5. The van der Waals surface area contributed by atoms with Crippen molar-refractivity contribution in [3.63, 3.8) is 0 Å².